The van der Waals surface area contributed by atoms with Crippen LogP contribution in [0.25, 0.3) is 10.9 Å². The molecule has 21 heavy (non-hydrogen) atoms. The molecule has 7 heteroatoms. The maximum absolute atomic E-state index is 10.9. The number of piperidine rings is 1. The van der Waals surface area contributed by atoms with E-state index in [4.69, 9.17) is 5.11 Å². The number of halogens is 1. The molecule has 0 radical (unpaired) electrons. The summed E-state index contributed by atoms with van der Waals surface area (Å²) < 4.78 is 0.992. The average Bonchev–Trinajstić information content (AvgIpc) is 2.48. The van der Waals surface area contributed by atoms with Crippen LogP contribution in [0, 0.1) is 0 Å². The van der Waals surface area contributed by atoms with Crippen molar-refractivity contribution in [3.05, 3.63) is 28.9 Å². The Hall–Kier alpha value is -1.89. The van der Waals surface area contributed by atoms with Gasteiger partial charge >= 0.3 is 6.09 Å². The zero-order valence-electron chi connectivity index (χ0n) is 11.3. The van der Waals surface area contributed by atoms with E-state index in [-0.39, 0.29) is 6.04 Å². The molecule has 1 aromatic heterocycles. The fourth-order valence-electron chi connectivity index (χ4n) is 2.58. The van der Waals surface area contributed by atoms with Gasteiger partial charge in [0.05, 0.1) is 17.4 Å². The second-order valence-corrected chi connectivity index (χ2v) is 6.02. The summed E-state index contributed by atoms with van der Waals surface area (Å²) in [6, 6.07) is 6.13. The van der Waals surface area contributed by atoms with Gasteiger partial charge in [-0.3, -0.25) is 0 Å². The first-order valence-corrected chi connectivity index (χ1v) is 7.58. The predicted molar refractivity (Wildman–Crippen MR) is 83.5 cm³/mol. The first-order chi connectivity index (χ1) is 10.1. The van der Waals surface area contributed by atoms with Gasteiger partial charge in [-0.1, -0.05) is 15.9 Å². The summed E-state index contributed by atoms with van der Waals surface area (Å²) in [7, 11) is 0. The molecule has 2 N–H and O–H groups in total. The van der Waals surface area contributed by atoms with Gasteiger partial charge in [-0.05, 0) is 31.0 Å². The molecule has 0 aliphatic carbocycles. The molecule has 1 fully saturated rings. The van der Waals surface area contributed by atoms with Crippen LogP contribution < -0.4 is 5.32 Å². The van der Waals surface area contributed by atoms with E-state index >= 15 is 0 Å². The van der Waals surface area contributed by atoms with Crippen molar-refractivity contribution in [1.29, 1.82) is 0 Å². The molecule has 0 unspecified atom stereocenters. The summed E-state index contributed by atoms with van der Waals surface area (Å²) in [4.78, 5) is 12.4. The first-order valence-electron chi connectivity index (χ1n) is 6.79. The van der Waals surface area contributed by atoms with Crippen LogP contribution in [0.3, 0.4) is 0 Å². The van der Waals surface area contributed by atoms with Crippen LogP contribution in [0.1, 0.15) is 12.8 Å². The SMILES string of the molecule is O=C(O)N1CCC(Nc2cnnc3ccc(Br)cc23)CC1. The summed E-state index contributed by atoms with van der Waals surface area (Å²) in [6.07, 6.45) is 2.47. The van der Waals surface area contributed by atoms with Crippen molar-refractivity contribution >= 4 is 38.6 Å². The van der Waals surface area contributed by atoms with E-state index in [0.29, 0.717) is 13.1 Å². The van der Waals surface area contributed by atoms with Gasteiger partial charge < -0.3 is 15.3 Å². The van der Waals surface area contributed by atoms with Gasteiger partial charge in [-0.15, -0.1) is 0 Å². The Morgan fingerprint density at radius 1 is 1.38 bits per heavy atom. The van der Waals surface area contributed by atoms with Crippen LogP contribution in [0.4, 0.5) is 10.5 Å². The minimum Gasteiger partial charge on any atom is -0.465 e. The number of nitrogens with one attached hydrogen (secondary N) is 1. The van der Waals surface area contributed by atoms with E-state index in [0.717, 1.165) is 33.9 Å². The standard InChI is InChI=1S/C14H15BrN4O2/c15-9-1-2-12-11(7-9)13(8-16-18-12)17-10-3-5-19(6-4-10)14(20)21/h1-2,7-8,10H,3-6H2,(H,17,18)(H,20,21). The average molecular weight is 351 g/mol. The molecule has 110 valence electrons. The number of likely N-dealkylation sites (tertiary alicyclic amines) is 1. The fourth-order valence-corrected chi connectivity index (χ4v) is 2.94. The largest absolute Gasteiger partial charge is 0.465 e. The van der Waals surface area contributed by atoms with Gasteiger partial charge in [0.1, 0.15) is 0 Å². The predicted octanol–water partition coefficient (Wildman–Crippen LogP) is 2.95. The Kier molecular flexibility index (Phi) is 3.92. The highest BCUT2D eigenvalue weighted by Gasteiger charge is 2.22. The third-order valence-corrected chi connectivity index (χ3v) is 4.22. The Labute approximate surface area is 130 Å². The number of nitrogens with zero attached hydrogens (tertiary/aromatic N) is 3. The van der Waals surface area contributed by atoms with Crippen molar-refractivity contribution in [2.24, 2.45) is 0 Å². The highest BCUT2D eigenvalue weighted by molar-refractivity contribution is 9.10. The molecule has 2 heterocycles. The summed E-state index contributed by atoms with van der Waals surface area (Å²) in [5.41, 5.74) is 1.78. The Balaban J connectivity index is 1.77. The van der Waals surface area contributed by atoms with Crippen molar-refractivity contribution in [3.63, 3.8) is 0 Å². The lowest BCUT2D eigenvalue weighted by atomic mass is 10.0. The normalized spacial score (nSPS) is 16.1. The van der Waals surface area contributed by atoms with E-state index < -0.39 is 6.09 Å². The molecule has 1 aromatic carbocycles. The third kappa shape index (κ3) is 3.07. The van der Waals surface area contributed by atoms with Gasteiger partial charge in [-0.2, -0.15) is 10.2 Å². The van der Waals surface area contributed by atoms with Crippen molar-refractivity contribution < 1.29 is 9.90 Å². The molecule has 0 bridgehead atoms. The maximum Gasteiger partial charge on any atom is 0.407 e. The maximum atomic E-state index is 10.9. The number of aromatic nitrogens is 2. The summed E-state index contributed by atoms with van der Waals surface area (Å²) >= 11 is 3.47. The lowest BCUT2D eigenvalue weighted by Gasteiger charge is -2.31. The number of hydrogen-bond acceptors (Lipinski definition) is 4. The highest BCUT2D eigenvalue weighted by atomic mass is 79.9. The topological polar surface area (TPSA) is 78.4 Å². The zero-order chi connectivity index (χ0) is 14.8. The number of amides is 1. The lowest BCUT2D eigenvalue weighted by Crippen LogP contribution is -2.41. The van der Waals surface area contributed by atoms with Gasteiger partial charge in [-0.25, -0.2) is 4.79 Å². The van der Waals surface area contributed by atoms with Crippen molar-refractivity contribution in [3.8, 4) is 0 Å². The molecule has 1 saturated heterocycles. The zero-order valence-corrected chi connectivity index (χ0v) is 12.9. The molecule has 0 saturated carbocycles. The lowest BCUT2D eigenvalue weighted by molar-refractivity contribution is 0.134. The van der Waals surface area contributed by atoms with Crippen LogP contribution in [-0.4, -0.2) is 45.4 Å². The van der Waals surface area contributed by atoms with E-state index in [2.05, 4.69) is 31.4 Å². The molecular formula is C14H15BrN4O2. The Morgan fingerprint density at radius 2 is 2.14 bits per heavy atom. The van der Waals surface area contributed by atoms with Crippen molar-refractivity contribution in [2.75, 3.05) is 18.4 Å². The smallest absolute Gasteiger partial charge is 0.407 e. The van der Waals surface area contributed by atoms with Gasteiger partial charge in [0.2, 0.25) is 0 Å². The number of hydrogen-bond donors (Lipinski definition) is 2. The Morgan fingerprint density at radius 3 is 2.86 bits per heavy atom. The fraction of sp³-hybridized carbons (Fsp3) is 0.357. The second-order valence-electron chi connectivity index (χ2n) is 5.11. The Bertz CT molecular complexity index is 671. The van der Waals surface area contributed by atoms with E-state index in [1.54, 1.807) is 6.20 Å². The molecule has 6 nitrogen and oxygen atoms in total. The van der Waals surface area contributed by atoms with Crippen LogP contribution in [0.5, 0.6) is 0 Å². The van der Waals surface area contributed by atoms with Crippen molar-refractivity contribution in [2.45, 2.75) is 18.9 Å². The van der Waals surface area contributed by atoms with Gasteiger partial charge in [0, 0.05) is 29.0 Å². The minimum atomic E-state index is -0.839. The molecular weight excluding hydrogens is 336 g/mol. The minimum absolute atomic E-state index is 0.256. The van der Waals surface area contributed by atoms with E-state index in [9.17, 15) is 4.79 Å². The van der Waals surface area contributed by atoms with Crippen molar-refractivity contribution in [1.82, 2.24) is 15.1 Å². The van der Waals surface area contributed by atoms with E-state index in [1.807, 2.05) is 18.2 Å². The number of fused-ring (bicyclic) bond motifs is 1. The molecule has 3 rings (SSSR count). The highest BCUT2D eigenvalue weighted by Crippen LogP contribution is 2.26. The summed E-state index contributed by atoms with van der Waals surface area (Å²) in [5, 5.41) is 21.6. The second kappa shape index (κ2) is 5.85. The third-order valence-electron chi connectivity index (χ3n) is 3.73. The molecule has 1 aliphatic heterocycles. The molecule has 2 aromatic rings. The quantitative estimate of drug-likeness (QED) is 0.870. The molecule has 1 aliphatic rings. The summed E-state index contributed by atoms with van der Waals surface area (Å²) in [6.45, 7) is 1.13. The number of anilines is 1. The van der Waals surface area contributed by atoms with Crippen LogP contribution in [-0.2, 0) is 0 Å². The number of benzene rings is 1. The number of carbonyl (C=O) groups is 1. The molecule has 0 spiro atoms. The molecule has 0 atom stereocenters. The van der Waals surface area contributed by atoms with Crippen LogP contribution in [0.2, 0.25) is 0 Å². The number of carboxylic acid groups (broad SMARTS) is 1. The number of rotatable bonds is 2. The van der Waals surface area contributed by atoms with Crippen LogP contribution >= 0.6 is 15.9 Å². The van der Waals surface area contributed by atoms with Crippen LogP contribution in [0.15, 0.2) is 28.9 Å². The van der Waals surface area contributed by atoms with Gasteiger partial charge in [0.15, 0.2) is 0 Å². The van der Waals surface area contributed by atoms with E-state index in [1.165, 1.54) is 4.90 Å². The monoisotopic (exact) mass is 350 g/mol. The van der Waals surface area contributed by atoms with Gasteiger partial charge in [0.25, 0.3) is 0 Å². The summed E-state index contributed by atoms with van der Waals surface area (Å²) in [5.74, 6) is 0. The molecule has 1 amide bonds. The first kappa shape index (κ1) is 14.1.